The van der Waals surface area contributed by atoms with Gasteiger partial charge in [-0.05, 0) is 36.8 Å². The van der Waals surface area contributed by atoms with Gasteiger partial charge < -0.3 is 5.73 Å². The van der Waals surface area contributed by atoms with E-state index < -0.39 is 0 Å². The molecule has 2 bridgehead atoms. The summed E-state index contributed by atoms with van der Waals surface area (Å²) >= 11 is 0. The van der Waals surface area contributed by atoms with Crippen LogP contribution in [0.5, 0.6) is 0 Å². The molecule has 2 heterocycles. The molecule has 2 N–H and O–H groups in total. The molecule has 2 unspecified atom stereocenters. The number of fused-ring (bicyclic) bond motifs is 2. The molecule has 2 aliphatic heterocycles. The van der Waals surface area contributed by atoms with Crippen molar-refractivity contribution in [2.45, 2.75) is 43.8 Å². The Morgan fingerprint density at radius 3 is 2.39 bits per heavy atom. The Labute approximate surface area is 109 Å². The molecule has 96 valence electrons. The van der Waals surface area contributed by atoms with E-state index in [1.807, 2.05) is 0 Å². The molecule has 2 nitrogen and oxygen atoms in total. The highest BCUT2D eigenvalue weighted by atomic mass is 15.2. The van der Waals surface area contributed by atoms with Gasteiger partial charge >= 0.3 is 0 Å². The maximum absolute atomic E-state index is 6.11. The molecular formula is C16H22N2. The lowest BCUT2D eigenvalue weighted by molar-refractivity contribution is 0.146. The number of piperidine rings is 1. The lowest BCUT2D eigenvalue weighted by Gasteiger charge is -2.38. The summed E-state index contributed by atoms with van der Waals surface area (Å²) in [4.78, 5) is 2.64. The topological polar surface area (TPSA) is 29.3 Å². The number of nitrogens with two attached hydrogens (primary N) is 1. The highest BCUT2D eigenvalue weighted by Gasteiger charge is 2.39. The normalized spacial score (nSPS) is 31.5. The Kier molecular flexibility index (Phi) is 3.23. The van der Waals surface area contributed by atoms with Crippen molar-refractivity contribution in [3.05, 3.63) is 42.5 Å². The fourth-order valence-electron chi connectivity index (χ4n) is 3.56. The van der Waals surface area contributed by atoms with E-state index in [2.05, 4.69) is 41.8 Å². The van der Waals surface area contributed by atoms with Gasteiger partial charge in [0.1, 0.15) is 0 Å². The maximum atomic E-state index is 6.11. The molecule has 0 radical (unpaired) electrons. The second-order valence-electron chi connectivity index (χ2n) is 5.76. The fourth-order valence-corrected chi connectivity index (χ4v) is 3.56. The Hall–Kier alpha value is -1.12. The number of rotatable bonds is 3. The summed E-state index contributed by atoms with van der Waals surface area (Å²) in [6, 6.07) is 12.3. The molecule has 0 aliphatic carbocycles. The van der Waals surface area contributed by atoms with Crippen LogP contribution in [0.2, 0.25) is 0 Å². The lowest BCUT2D eigenvalue weighted by atomic mass is 9.96. The number of benzene rings is 1. The van der Waals surface area contributed by atoms with Crippen molar-refractivity contribution in [3.8, 4) is 0 Å². The van der Waals surface area contributed by atoms with Crippen molar-refractivity contribution in [3.63, 3.8) is 0 Å². The molecule has 1 aromatic rings. The van der Waals surface area contributed by atoms with Gasteiger partial charge in [0.15, 0.2) is 0 Å². The van der Waals surface area contributed by atoms with Gasteiger partial charge in [-0.1, -0.05) is 36.9 Å². The van der Waals surface area contributed by atoms with Gasteiger partial charge in [-0.3, -0.25) is 4.90 Å². The monoisotopic (exact) mass is 242 g/mol. The summed E-state index contributed by atoms with van der Waals surface area (Å²) in [7, 11) is 0. The Balaban J connectivity index is 1.69. The van der Waals surface area contributed by atoms with E-state index >= 15 is 0 Å². The highest BCUT2D eigenvalue weighted by Crippen LogP contribution is 2.36. The van der Waals surface area contributed by atoms with Crippen LogP contribution in [0.4, 0.5) is 0 Å². The molecular weight excluding hydrogens is 220 g/mol. The first-order chi connectivity index (χ1) is 8.74. The van der Waals surface area contributed by atoms with E-state index in [1.165, 1.54) is 36.8 Å². The lowest BCUT2D eigenvalue weighted by Crippen LogP contribution is -2.47. The largest absolute Gasteiger partial charge is 0.328 e. The summed E-state index contributed by atoms with van der Waals surface area (Å²) < 4.78 is 0. The molecule has 2 fully saturated rings. The molecule has 2 atom stereocenters. The second-order valence-corrected chi connectivity index (χ2v) is 5.76. The fraction of sp³-hybridized carbons (Fsp3) is 0.500. The van der Waals surface area contributed by atoms with Crippen LogP contribution in [-0.2, 0) is 0 Å². The van der Waals surface area contributed by atoms with E-state index in [1.54, 1.807) is 0 Å². The quantitative estimate of drug-likeness (QED) is 0.883. The van der Waals surface area contributed by atoms with Gasteiger partial charge in [-0.2, -0.15) is 0 Å². The molecule has 2 saturated heterocycles. The van der Waals surface area contributed by atoms with Crippen molar-refractivity contribution in [2.24, 2.45) is 5.73 Å². The SMILES string of the molecule is C=C(CN1C2CCC1CC(N)C2)c1ccccc1. The number of hydrogen-bond acceptors (Lipinski definition) is 2. The minimum Gasteiger partial charge on any atom is -0.328 e. The first kappa shape index (κ1) is 11.9. The summed E-state index contributed by atoms with van der Waals surface area (Å²) in [5.74, 6) is 0. The van der Waals surface area contributed by atoms with Crippen molar-refractivity contribution < 1.29 is 0 Å². The standard InChI is InChI=1S/C16H22N2/c1-12(13-5-3-2-4-6-13)11-18-15-7-8-16(18)10-14(17)9-15/h2-6,14-16H,1,7-11,17H2. The van der Waals surface area contributed by atoms with Crippen LogP contribution in [0.25, 0.3) is 5.57 Å². The molecule has 2 heteroatoms. The van der Waals surface area contributed by atoms with Crippen molar-refractivity contribution in [1.82, 2.24) is 4.90 Å². The molecule has 0 aromatic heterocycles. The smallest absolute Gasteiger partial charge is 0.0239 e. The second kappa shape index (κ2) is 4.87. The van der Waals surface area contributed by atoms with Crippen LogP contribution in [0.3, 0.4) is 0 Å². The van der Waals surface area contributed by atoms with Gasteiger partial charge in [0.25, 0.3) is 0 Å². The molecule has 2 aliphatic rings. The third kappa shape index (κ3) is 2.23. The van der Waals surface area contributed by atoms with Gasteiger partial charge in [0.2, 0.25) is 0 Å². The van der Waals surface area contributed by atoms with Crippen LogP contribution >= 0.6 is 0 Å². The summed E-state index contributed by atoms with van der Waals surface area (Å²) in [6.45, 7) is 5.27. The highest BCUT2D eigenvalue weighted by molar-refractivity contribution is 5.64. The third-order valence-electron chi connectivity index (χ3n) is 4.48. The molecule has 0 saturated carbocycles. The molecule has 18 heavy (non-hydrogen) atoms. The van der Waals surface area contributed by atoms with E-state index in [-0.39, 0.29) is 0 Å². The van der Waals surface area contributed by atoms with Crippen LogP contribution in [0.15, 0.2) is 36.9 Å². The van der Waals surface area contributed by atoms with Gasteiger partial charge in [0, 0.05) is 24.7 Å². The van der Waals surface area contributed by atoms with E-state index in [0.717, 1.165) is 6.54 Å². The zero-order valence-electron chi connectivity index (χ0n) is 10.9. The van der Waals surface area contributed by atoms with Crippen LogP contribution in [0, 0.1) is 0 Å². The minimum atomic E-state index is 0.420. The van der Waals surface area contributed by atoms with E-state index in [0.29, 0.717) is 18.1 Å². The van der Waals surface area contributed by atoms with Gasteiger partial charge in [-0.15, -0.1) is 0 Å². The summed E-state index contributed by atoms with van der Waals surface area (Å²) in [5.41, 5.74) is 8.62. The average molecular weight is 242 g/mol. The Morgan fingerprint density at radius 2 is 1.78 bits per heavy atom. The molecule has 3 rings (SSSR count). The molecule has 0 amide bonds. The zero-order chi connectivity index (χ0) is 12.5. The van der Waals surface area contributed by atoms with Crippen molar-refractivity contribution in [1.29, 1.82) is 0 Å². The first-order valence-electron chi connectivity index (χ1n) is 6.98. The average Bonchev–Trinajstić information content (AvgIpc) is 2.62. The van der Waals surface area contributed by atoms with E-state index in [4.69, 9.17) is 5.73 Å². The van der Waals surface area contributed by atoms with Gasteiger partial charge in [0.05, 0.1) is 0 Å². The van der Waals surface area contributed by atoms with Crippen LogP contribution < -0.4 is 5.73 Å². The predicted molar refractivity (Wildman–Crippen MR) is 76.2 cm³/mol. The summed E-state index contributed by atoms with van der Waals surface area (Å²) in [6.07, 6.45) is 4.97. The minimum absolute atomic E-state index is 0.420. The van der Waals surface area contributed by atoms with Crippen molar-refractivity contribution in [2.75, 3.05) is 6.54 Å². The maximum Gasteiger partial charge on any atom is 0.0239 e. The first-order valence-corrected chi connectivity index (χ1v) is 6.98. The predicted octanol–water partition coefficient (Wildman–Crippen LogP) is 2.65. The van der Waals surface area contributed by atoms with Crippen molar-refractivity contribution >= 4 is 5.57 Å². The van der Waals surface area contributed by atoms with E-state index in [9.17, 15) is 0 Å². The number of hydrogen-bond donors (Lipinski definition) is 1. The summed E-state index contributed by atoms with van der Waals surface area (Å²) in [5, 5.41) is 0. The van der Waals surface area contributed by atoms with Crippen LogP contribution in [-0.4, -0.2) is 29.6 Å². The van der Waals surface area contributed by atoms with Gasteiger partial charge in [-0.25, -0.2) is 0 Å². The number of nitrogens with zero attached hydrogens (tertiary/aromatic N) is 1. The zero-order valence-corrected chi connectivity index (χ0v) is 10.9. The Bertz CT molecular complexity index is 412. The third-order valence-corrected chi connectivity index (χ3v) is 4.48. The van der Waals surface area contributed by atoms with Crippen LogP contribution in [0.1, 0.15) is 31.2 Å². The molecule has 0 spiro atoms. The molecule has 1 aromatic carbocycles. The Morgan fingerprint density at radius 1 is 1.17 bits per heavy atom.